The number of amides is 2. The lowest BCUT2D eigenvalue weighted by Gasteiger charge is -2.35. The van der Waals surface area contributed by atoms with Crippen molar-refractivity contribution in [1.82, 2.24) is 10.3 Å². The molecule has 2 aromatic carbocycles. The summed E-state index contributed by atoms with van der Waals surface area (Å²) in [5.74, 6) is -1.48. The lowest BCUT2D eigenvalue weighted by Crippen LogP contribution is -2.52. The molecule has 0 spiro atoms. The fourth-order valence-electron chi connectivity index (χ4n) is 4.03. The zero-order valence-corrected chi connectivity index (χ0v) is 22.9. The van der Waals surface area contributed by atoms with Crippen molar-refractivity contribution in [1.29, 1.82) is 0 Å². The maximum absolute atomic E-state index is 13.7. The number of hydrogen-bond donors (Lipinski definition) is 3. The first kappa shape index (κ1) is 29.6. The second-order valence-corrected chi connectivity index (χ2v) is 11.6. The molecule has 4 rings (SSSR count). The van der Waals surface area contributed by atoms with Crippen molar-refractivity contribution in [2.45, 2.75) is 36.6 Å². The predicted molar refractivity (Wildman–Crippen MR) is 142 cm³/mol. The molecule has 40 heavy (non-hydrogen) atoms. The fourth-order valence-corrected chi connectivity index (χ4v) is 6.18. The topological polar surface area (TPSA) is 129 Å². The molecule has 2 amide bonds. The second kappa shape index (κ2) is 11.2. The summed E-state index contributed by atoms with van der Waals surface area (Å²) in [5.41, 5.74) is -0.997. The molecule has 3 aromatic rings. The fraction of sp³-hybridized carbons (Fsp3) is 0.240. The molecule has 0 fully saturated rings. The minimum absolute atomic E-state index is 0.0250. The molecule has 0 saturated heterocycles. The van der Waals surface area contributed by atoms with Gasteiger partial charge in [-0.15, -0.1) is 0 Å². The van der Waals surface area contributed by atoms with Crippen molar-refractivity contribution in [3.05, 3.63) is 81.6 Å². The number of carbonyl (C=O) groups is 2. The molecular formula is C25H21Cl2F3N4O5S. The van der Waals surface area contributed by atoms with E-state index in [0.717, 1.165) is 22.5 Å². The highest BCUT2D eigenvalue weighted by Crippen LogP contribution is 2.36. The molecule has 1 aliphatic rings. The Morgan fingerprint density at radius 2 is 1.77 bits per heavy atom. The maximum atomic E-state index is 13.7. The Hall–Kier alpha value is -3.39. The molecule has 2 unspecified atom stereocenters. The number of alkyl halides is 3. The number of hydrogen-bond acceptors (Lipinski definition) is 6. The van der Waals surface area contributed by atoms with E-state index in [2.05, 4.69) is 15.6 Å². The van der Waals surface area contributed by atoms with Gasteiger partial charge in [-0.05, 0) is 43.3 Å². The molecule has 0 aliphatic carbocycles. The molecule has 9 nitrogen and oxygen atoms in total. The van der Waals surface area contributed by atoms with Crippen LogP contribution in [0.4, 0.5) is 24.5 Å². The average molecular weight is 617 g/mol. The van der Waals surface area contributed by atoms with Gasteiger partial charge in [-0.2, -0.15) is 13.2 Å². The first-order chi connectivity index (χ1) is 18.7. The van der Waals surface area contributed by atoms with E-state index in [1.165, 1.54) is 31.3 Å². The van der Waals surface area contributed by atoms with Crippen LogP contribution in [0, 0.1) is 0 Å². The summed E-state index contributed by atoms with van der Waals surface area (Å²) in [7, 11) is -4.63. The Kier molecular flexibility index (Phi) is 8.31. The normalized spacial score (nSPS) is 16.2. The number of anilines is 2. The molecule has 212 valence electrons. The summed E-state index contributed by atoms with van der Waals surface area (Å²) in [6, 6.07) is 8.11. The van der Waals surface area contributed by atoms with Crippen LogP contribution in [0.3, 0.4) is 0 Å². The van der Waals surface area contributed by atoms with E-state index >= 15 is 0 Å². The Morgan fingerprint density at radius 3 is 2.40 bits per heavy atom. The second-order valence-electron chi connectivity index (χ2n) is 8.89. The number of pyridine rings is 1. The monoisotopic (exact) mass is 616 g/mol. The van der Waals surface area contributed by atoms with E-state index in [1.807, 2.05) is 0 Å². The van der Waals surface area contributed by atoms with Crippen LogP contribution in [0.25, 0.3) is 0 Å². The highest BCUT2D eigenvalue weighted by molar-refractivity contribution is 7.92. The van der Waals surface area contributed by atoms with E-state index in [4.69, 9.17) is 23.2 Å². The molecule has 0 radical (unpaired) electrons. The number of aliphatic hydroxyl groups is 1. The van der Waals surface area contributed by atoms with Crippen LogP contribution in [0.2, 0.25) is 10.0 Å². The Bertz CT molecular complexity index is 1560. The van der Waals surface area contributed by atoms with Gasteiger partial charge in [0.2, 0.25) is 5.91 Å². The number of nitrogens with zero attached hydrogens (tertiary/aromatic N) is 2. The molecule has 15 heteroatoms. The summed E-state index contributed by atoms with van der Waals surface area (Å²) >= 11 is 12.2. The largest absolute Gasteiger partial charge is 0.416 e. The number of carbonyl (C=O) groups excluding carboxylic acids is 2. The lowest BCUT2D eigenvalue weighted by atomic mass is 10.0. The Balaban J connectivity index is 1.76. The molecule has 1 aromatic heterocycles. The molecule has 2 heterocycles. The van der Waals surface area contributed by atoms with Crippen molar-refractivity contribution in [2.24, 2.45) is 0 Å². The number of sulfonamides is 1. The van der Waals surface area contributed by atoms with E-state index in [1.54, 1.807) is 6.07 Å². The minimum Gasteiger partial charge on any atom is -0.384 e. The number of rotatable bonds is 6. The van der Waals surface area contributed by atoms with Crippen LogP contribution in [-0.2, 0) is 27.4 Å². The van der Waals surface area contributed by atoms with Gasteiger partial charge in [0.25, 0.3) is 15.9 Å². The molecule has 2 atom stereocenters. The third-order valence-corrected chi connectivity index (χ3v) is 8.37. The summed E-state index contributed by atoms with van der Waals surface area (Å²) in [4.78, 5) is 28.6. The van der Waals surface area contributed by atoms with Gasteiger partial charge in [-0.25, -0.2) is 8.42 Å². The van der Waals surface area contributed by atoms with E-state index < -0.39 is 50.6 Å². The molecule has 1 aliphatic heterocycles. The first-order valence-corrected chi connectivity index (χ1v) is 13.8. The summed E-state index contributed by atoms with van der Waals surface area (Å²) < 4.78 is 68.2. The van der Waals surface area contributed by atoms with Crippen LogP contribution in [-0.4, -0.2) is 49.0 Å². The summed E-state index contributed by atoms with van der Waals surface area (Å²) in [6.07, 6.45) is -4.90. The zero-order valence-electron chi connectivity index (χ0n) is 20.5. The Morgan fingerprint density at radius 1 is 1.12 bits per heavy atom. The van der Waals surface area contributed by atoms with Crippen molar-refractivity contribution in [3.8, 4) is 0 Å². The van der Waals surface area contributed by atoms with Crippen molar-refractivity contribution >= 4 is 56.4 Å². The molecular weight excluding hydrogens is 596 g/mol. The smallest absolute Gasteiger partial charge is 0.384 e. The SMILES string of the molecule is CC(O)C(=O)NC1Cc2ncc(NC(=O)c3c(Cl)cccc3Cl)cc2N(S(=O)(=O)c2cccc(C(F)(F)F)c2)C1. The van der Waals surface area contributed by atoms with Crippen LogP contribution in [0.15, 0.2) is 59.6 Å². The summed E-state index contributed by atoms with van der Waals surface area (Å²) in [5, 5.41) is 14.8. The standard InChI is InChI=1S/C25H21Cl2F3N4O5S/c1-13(35)23(36)33-16-9-20-21(10-15(11-31-20)32-24(37)22-18(26)6-3-7-19(22)27)34(12-16)40(38,39)17-5-2-4-14(8-17)25(28,29)30/h2-8,10-11,13,16,35H,9,12H2,1H3,(H,32,37)(H,33,36). The van der Waals surface area contributed by atoms with Gasteiger partial charge in [0.05, 0.1) is 61.9 Å². The quantitative estimate of drug-likeness (QED) is 0.379. The van der Waals surface area contributed by atoms with Gasteiger partial charge in [-0.3, -0.25) is 18.9 Å². The van der Waals surface area contributed by atoms with Gasteiger partial charge in [0.1, 0.15) is 6.10 Å². The Labute approximate surface area is 237 Å². The first-order valence-electron chi connectivity index (χ1n) is 11.6. The third kappa shape index (κ3) is 6.17. The van der Waals surface area contributed by atoms with E-state index in [0.29, 0.717) is 6.07 Å². The van der Waals surface area contributed by atoms with E-state index in [-0.39, 0.29) is 45.6 Å². The third-order valence-electron chi connectivity index (χ3n) is 5.96. The predicted octanol–water partition coefficient (Wildman–Crippen LogP) is 4.28. The summed E-state index contributed by atoms with van der Waals surface area (Å²) in [6.45, 7) is 0.834. The molecule has 0 bridgehead atoms. The maximum Gasteiger partial charge on any atom is 0.416 e. The van der Waals surface area contributed by atoms with Gasteiger partial charge < -0.3 is 15.7 Å². The van der Waals surface area contributed by atoms with Gasteiger partial charge in [0.15, 0.2) is 0 Å². The van der Waals surface area contributed by atoms with Crippen LogP contribution >= 0.6 is 23.2 Å². The number of halogens is 5. The molecule has 3 N–H and O–H groups in total. The minimum atomic E-state index is -4.79. The lowest BCUT2D eigenvalue weighted by molar-refractivity contribution is -0.137. The highest BCUT2D eigenvalue weighted by Gasteiger charge is 2.37. The van der Waals surface area contributed by atoms with Crippen molar-refractivity contribution in [2.75, 3.05) is 16.2 Å². The van der Waals surface area contributed by atoms with Crippen molar-refractivity contribution < 1.29 is 36.3 Å². The number of aromatic nitrogens is 1. The van der Waals surface area contributed by atoms with Crippen LogP contribution in [0.5, 0.6) is 0 Å². The van der Waals surface area contributed by atoms with E-state index in [9.17, 15) is 36.3 Å². The zero-order chi connectivity index (χ0) is 29.4. The highest BCUT2D eigenvalue weighted by atomic mass is 35.5. The number of benzene rings is 2. The van der Waals surface area contributed by atoms with Crippen LogP contribution in [0.1, 0.15) is 28.5 Å². The van der Waals surface area contributed by atoms with Crippen LogP contribution < -0.4 is 14.9 Å². The average Bonchev–Trinajstić information content (AvgIpc) is 2.87. The number of fused-ring (bicyclic) bond motifs is 1. The van der Waals surface area contributed by atoms with Crippen molar-refractivity contribution in [3.63, 3.8) is 0 Å². The van der Waals surface area contributed by atoms with Gasteiger partial charge in [-0.1, -0.05) is 35.3 Å². The number of aliphatic hydroxyl groups excluding tert-OH is 1. The van der Waals surface area contributed by atoms with Gasteiger partial charge >= 0.3 is 6.18 Å². The molecule has 0 saturated carbocycles. The number of nitrogens with one attached hydrogen (secondary N) is 2. The van der Waals surface area contributed by atoms with Gasteiger partial charge in [0, 0.05) is 6.42 Å².